The van der Waals surface area contributed by atoms with E-state index in [1.807, 2.05) is 0 Å². The van der Waals surface area contributed by atoms with Gasteiger partial charge in [0.05, 0.1) is 20.8 Å². The SMILES string of the molecule is O=C(O)CCCCC(=O)Nc1cc(Cl)c(Cl)cc1Cl. The highest BCUT2D eigenvalue weighted by Gasteiger charge is 2.09. The number of amides is 1. The van der Waals surface area contributed by atoms with Gasteiger partial charge in [-0.15, -0.1) is 0 Å². The molecule has 1 aromatic rings. The molecule has 1 rings (SSSR count). The lowest BCUT2D eigenvalue weighted by Crippen LogP contribution is -2.11. The second-order valence-electron chi connectivity index (χ2n) is 3.90. The van der Waals surface area contributed by atoms with E-state index in [-0.39, 0.29) is 18.7 Å². The van der Waals surface area contributed by atoms with Gasteiger partial charge in [-0.2, -0.15) is 0 Å². The third-order valence-electron chi connectivity index (χ3n) is 2.33. The number of nitrogens with one attached hydrogen (secondary N) is 1. The van der Waals surface area contributed by atoms with Gasteiger partial charge < -0.3 is 10.4 Å². The molecule has 0 bridgehead atoms. The molecule has 0 aliphatic heterocycles. The zero-order valence-electron chi connectivity index (χ0n) is 9.88. The predicted molar refractivity (Wildman–Crippen MR) is 76.2 cm³/mol. The van der Waals surface area contributed by atoms with Crippen molar-refractivity contribution >= 4 is 52.4 Å². The molecular weight excluding hydrogens is 312 g/mol. The van der Waals surface area contributed by atoms with Crippen LogP contribution in [0, 0.1) is 0 Å². The number of halogens is 3. The monoisotopic (exact) mass is 323 g/mol. The van der Waals surface area contributed by atoms with Gasteiger partial charge >= 0.3 is 5.97 Å². The highest BCUT2D eigenvalue weighted by atomic mass is 35.5. The van der Waals surface area contributed by atoms with E-state index in [4.69, 9.17) is 39.9 Å². The summed E-state index contributed by atoms with van der Waals surface area (Å²) in [5, 5.41) is 12.0. The van der Waals surface area contributed by atoms with E-state index in [1.165, 1.54) is 12.1 Å². The summed E-state index contributed by atoms with van der Waals surface area (Å²) in [6, 6.07) is 2.92. The molecular formula is C12H12Cl3NO3. The van der Waals surface area contributed by atoms with Crippen LogP contribution in [0.2, 0.25) is 15.1 Å². The van der Waals surface area contributed by atoms with Crippen LogP contribution in [-0.4, -0.2) is 17.0 Å². The van der Waals surface area contributed by atoms with Gasteiger partial charge in [0.2, 0.25) is 5.91 Å². The van der Waals surface area contributed by atoms with Crippen LogP contribution < -0.4 is 5.32 Å². The number of carboxylic acids is 1. The van der Waals surface area contributed by atoms with Gasteiger partial charge in [-0.25, -0.2) is 0 Å². The summed E-state index contributed by atoms with van der Waals surface area (Å²) in [7, 11) is 0. The summed E-state index contributed by atoms with van der Waals surface area (Å²) in [6.45, 7) is 0. The summed E-state index contributed by atoms with van der Waals surface area (Å²) in [5.74, 6) is -1.11. The van der Waals surface area contributed by atoms with E-state index in [2.05, 4.69) is 5.32 Å². The summed E-state index contributed by atoms with van der Waals surface area (Å²) >= 11 is 17.5. The Morgan fingerprint density at radius 1 is 1.00 bits per heavy atom. The summed E-state index contributed by atoms with van der Waals surface area (Å²) in [4.78, 5) is 21.9. The molecule has 0 atom stereocenters. The molecule has 104 valence electrons. The lowest BCUT2D eigenvalue weighted by Gasteiger charge is -2.08. The van der Waals surface area contributed by atoms with Gasteiger partial charge in [-0.3, -0.25) is 9.59 Å². The van der Waals surface area contributed by atoms with Crippen LogP contribution in [0.1, 0.15) is 25.7 Å². The number of unbranched alkanes of at least 4 members (excludes halogenated alkanes) is 1. The Kier molecular flexibility index (Phi) is 6.42. The van der Waals surface area contributed by atoms with Gasteiger partial charge in [0.25, 0.3) is 0 Å². The molecule has 0 aromatic heterocycles. The molecule has 1 amide bonds. The Balaban J connectivity index is 2.48. The number of hydrogen-bond donors (Lipinski definition) is 2. The number of carbonyl (C=O) groups is 2. The molecule has 0 saturated heterocycles. The van der Waals surface area contributed by atoms with Crippen LogP contribution in [0.5, 0.6) is 0 Å². The molecule has 4 nitrogen and oxygen atoms in total. The van der Waals surface area contributed by atoms with Crippen molar-refractivity contribution in [1.82, 2.24) is 0 Å². The van der Waals surface area contributed by atoms with Crippen LogP contribution >= 0.6 is 34.8 Å². The minimum atomic E-state index is -0.868. The van der Waals surface area contributed by atoms with E-state index in [0.717, 1.165) is 0 Å². The smallest absolute Gasteiger partial charge is 0.303 e. The topological polar surface area (TPSA) is 66.4 Å². The number of anilines is 1. The number of rotatable bonds is 6. The molecule has 0 fully saturated rings. The van der Waals surface area contributed by atoms with Crippen molar-refractivity contribution in [1.29, 1.82) is 0 Å². The van der Waals surface area contributed by atoms with Crippen molar-refractivity contribution in [2.24, 2.45) is 0 Å². The Labute approximate surface area is 125 Å². The van der Waals surface area contributed by atoms with Gasteiger partial charge in [-0.05, 0) is 25.0 Å². The van der Waals surface area contributed by atoms with E-state index < -0.39 is 5.97 Å². The van der Waals surface area contributed by atoms with E-state index >= 15 is 0 Å². The van der Waals surface area contributed by atoms with Gasteiger partial charge in [0.1, 0.15) is 0 Å². The van der Waals surface area contributed by atoms with E-state index in [9.17, 15) is 9.59 Å². The first kappa shape index (κ1) is 16.1. The van der Waals surface area contributed by atoms with Crippen molar-refractivity contribution in [3.8, 4) is 0 Å². The zero-order valence-corrected chi connectivity index (χ0v) is 12.1. The molecule has 0 aliphatic rings. The van der Waals surface area contributed by atoms with Gasteiger partial charge in [0.15, 0.2) is 0 Å². The molecule has 0 aliphatic carbocycles. The van der Waals surface area contributed by atoms with Crippen molar-refractivity contribution < 1.29 is 14.7 Å². The third kappa shape index (κ3) is 5.68. The van der Waals surface area contributed by atoms with Crippen LogP contribution in [0.15, 0.2) is 12.1 Å². The number of hydrogen-bond acceptors (Lipinski definition) is 2. The molecule has 0 radical (unpaired) electrons. The maximum absolute atomic E-state index is 11.6. The molecule has 0 spiro atoms. The Hall–Kier alpha value is -0.970. The molecule has 0 heterocycles. The number of benzene rings is 1. The minimum Gasteiger partial charge on any atom is -0.481 e. The maximum atomic E-state index is 11.6. The molecule has 19 heavy (non-hydrogen) atoms. The fourth-order valence-corrected chi connectivity index (χ4v) is 1.99. The largest absolute Gasteiger partial charge is 0.481 e. The van der Waals surface area contributed by atoms with E-state index in [1.54, 1.807) is 0 Å². The highest BCUT2D eigenvalue weighted by molar-refractivity contribution is 6.44. The minimum absolute atomic E-state index is 0.0564. The number of carbonyl (C=O) groups excluding carboxylic acids is 1. The van der Waals surface area contributed by atoms with Crippen molar-refractivity contribution in [2.45, 2.75) is 25.7 Å². The first-order valence-corrected chi connectivity index (χ1v) is 6.69. The van der Waals surface area contributed by atoms with Crippen LogP contribution in [-0.2, 0) is 9.59 Å². The Morgan fingerprint density at radius 2 is 1.58 bits per heavy atom. The standard InChI is InChI=1S/C12H12Cl3NO3/c13-7-5-9(15)10(6-8(7)14)16-11(17)3-1-2-4-12(18)19/h5-6H,1-4H2,(H,16,17)(H,18,19). The predicted octanol–water partition coefficient (Wildman–Crippen LogP) is 4.23. The fourth-order valence-electron chi connectivity index (χ4n) is 1.39. The van der Waals surface area contributed by atoms with E-state index in [0.29, 0.717) is 33.6 Å². The van der Waals surface area contributed by atoms with Crippen molar-refractivity contribution in [2.75, 3.05) is 5.32 Å². The highest BCUT2D eigenvalue weighted by Crippen LogP contribution is 2.32. The Morgan fingerprint density at radius 3 is 2.21 bits per heavy atom. The second-order valence-corrected chi connectivity index (χ2v) is 5.12. The average molecular weight is 325 g/mol. The van der Waals surface area contributed by atoms with Crippen molar-refractivity contribution in [3.63, 3.8) is 0 Å². The quantitative estimate of drug-likeness (QED) is 0.608. The number of carboxylic acid groups (broad SMARTS) is 1. The number of aliphatic carboxylic acids is 1. The average Bonchev–Trinajstić information content (AvgIpc) is 2.31. The first-order valence-electron chi connectivity index (χ1n) is 5.56. The molecule has 2 N–H and O–H groups in total. The summed E-state index contributed by atoms with van der Waals surface area (Å²) in [5.41, 5.74) is 0.388. The van der Waals surface area contributed by atoms with Crippen LogP contribution in [0.4, 0.5) is 5.69 Å². The van der Waals surface area contributed by atoms with Crippen molar-refractivity contribution in [3.05, 3.63) is 27.2 Å². The van der Waals surface area contributed by atoms with Gasteiger partial charge in [-0.1, -0.05) is 34.8 Å². The fraction of sp³-hybridized carbons (Fsp3) is 0.333. The van der Waals surface area contributed by atoms with Gasteiger partial charge in [0, 0.05) is 12.8 Å². The normalized spacial score (nSPS) is 10.3. The molecule has 0 saturated carbocycles. The van der Waals surface area contributed by atoms with Crippen LogP contribution in [0.25, 0.3) is 0 Å². The zero-order chi connectivity index (χ0) is 14.4. The van der Waals surface area contributed by atoms with Crippen LogP contribution in [0.3, 0.4) is 0 Å². The molecule has 1 aromatic carbocycles. The first-order chi connectivity index (χ1) is 8.90. The third-order valence-corrected chi connectivity index (χ3v) is 3.36. The molecule has 0 unspecified atom stereocenters. The second kappa shape index (κ2) is 7.58. The lowest BCUT2D eigenvalue weighted by atomic mass is 10.2. The molecule has 7 heteroatoms. The lowest BCUT2D eigenvalue weighted by molar-refractivity contribution is -0.137. The Bertz CT molecular complexity index is 491. The summed E-state index contributed by atoms with van der Waals surface area (Å²) in [6.07, 6.45) is 1.24. The maximum Gasteiger partial charge on any atom is 0.303 e. The summed E-state index contributed by atoms with van der Waals surface area (Å²) < 4.78 is 0.